The minimum atomic E-state index is -0.351. The first-order valence-corrected chi connectivity index (χ1v) is 7.72. The number of hydrogen-bond acceptors (Lipinski definition) is 4. The number of thioether (sulfide) groups is 1. The zero-order valence-electron chi connectivity index (χ0n) is 11.5. The van der Waals surface area contributed by atoms with Gasteiger partial charge in [0.25, 0.3) is 0 Å². The van der Waals surface area contributed by atoms with Crippen molar-refractivity contribution in [1.82, 2.24) is 0 Å². The summed E-state index contributed by atoms with van der Waals surface area (Å²) in [5.74, 6) is 2.05. The number of primary amides is 1. The van der Waals surface area contributed by atoms with Crippen LogP contribution in [-0.2, 0) is 4.79 Å². The van der Waals surface area contributed by atoms with Crippen LogP contribution >= 0.6 is 11.8 Å². The number of amides is 1. The molecule has 0 bridgehead atoms. The van der Waals surface area contributed by atoms with Crippen molar-refractivity contribution in [2.75, 3.05) is 34.8 Å². The minimum absolute atomic E-state index is 0.337. The summed E-state index contributed by atoms with van der Waals surface area (Å²) in [5, 5.41) is 3.14. The number of hydrogen-bond donors (Lipinski definition) is 2. The molecule has 1 fully saturated rings. The van der Waals surface area contributed by atoms with E-state index in [-0.39, 0.29) is 11.9 Å². The summed E-state index contributed by atoms with van der Waals surface area (Å²) in [4.78, 5) is 13.5. The molecule has 4 nitrogen and oxygen atoms in total. The van der Waals surface area contributed by atoms with E-state index in [0.29, 0.717) is 0 Å². The summed E-state index contributed by atoms with van der Waals surface area (Å²) >= 11 is 2.01. The maximum atomic E-state index is 11.1. The van der Waals surface area contributed by atoms with Crippen molar-refractivity contribution in [2.24, 2.45) is 5.73 Å². The molecule has 5 heteroatoms. The fourth-order valence-electron chi connectivity index (χ4n) is 2.13. The number of aryl methyl sites for hydroxylation is 1. The summed E-state index contributed by atoms with van der Waals surface area (Å²) < 4.78 is 0. The van der Waals surface area contributed by atoms with Gasteiger partial charge in [0.15, 0.2) is 0 Å². The van der Waals surface area contributed by atoms with E-state index in [4.69, 9.17) is 5.73 Å². The third-order valence-corrected chi connectivity index (χ3v) is 4.33. The third kappa shape index (κ3) is 3.56. The molecule has 2 rings (SSSR count). The lowest BCUT2D eigenvalue weighted by Gasteiger charge is -2.29. The molecule has 1 atom stereocenters. The molecule has 1 amide bonds. The summed E-state index contributed by atoms with van der Waals surface area (Å²) in [5.41, 5.74) is 8.64. The number of nitrogens with two attached hydrogens (primary N) is 1. The number of carbonyl (C=O) groups excluding carboxylic acids is 1. The van der Waals surface area contributed by atoms with Gasteiger partial charge >= 0.3 is 0 Å². The summed E-state index contributed by atoms with van der Waals surface area (Å²) in [6.07, 6.45) is 0. The summed E-state index contributed by atoms with van der Waals surface area (Å²) in [7, 11) is 0. The molecule has 1 heterocycles. The van der Waals surface area contributed by atoms with E-state index >= 15 is 0 Å². The van der Waals surface area contributed by atoms with Crippen molar-refractivity contribution in [3.05, 3.63) is 23.8 Å². The van der Waals surface area contributed by atoms with Crippen LogP contribution in [0.1, 0.15) is 12.5 Å². The van der Waals surface area contributed by atoms with Gasteiger partial charge in [-0.1, -0.05) is 0 Å². The van der Waals surface area contributed by atoms with E-state index in [1.165, 1.54) is 17.2 Å². The lowest BCUT2D eigenvalue weighted by atomic mass is 10.1. The maximum absolute atomic E-state index is 11.1. The lowest BCUT2D eigenvalue weighted by molar-refractivity contribution is -0.118. The second kappa shape index (κ2) is 6.19. The molecule has 1 aromatic carbocycles. The second-order valence-electron chi connectivity index (χ2n) is 4.87. The Kier molecular flexibility index (Phi) is 4.58. The van der Waals surface area contributed by atoms with Gasteiger partial charge in [-0.25, -0.2) is 0 Å². The predicted octanol–water partition coefficient (Wildman–Crippen LogP) is 1.83. The topological polar surface area (TPSA) is 58.4 Å². The highest BCUT2D eigenvalue weighted by Gasteiger charge is 2.13. The number of carbonyl (C=O) groups is 1. The van der Waals surface area contributed by atoms with E-state index in [1.807, 2.05) is 17.8 Å². The summed E-state index contributed by atoms with van der Waals surface area (Å²) in [6.45, 7) is 6.04. The van der Waals surface area contributed by atoms with Crippen molar-refractivity contribution in [3.8, 4) is 0 Å². The van der Waals surface area contributed by atoms with Gasteiger partial charge in [-0.15, -0.1) is 0 Å². The fraction of sp³-hybridized carbons (Fsp3) is 0.500. The Balaban J connectivity index is 2.10. The zero-order chi connectivity index (χ0) is 13.8. The fourth-order valence-corrected chi connectivity index (χ4v) is 3.04. The van der Waals surface area contributed by atoms with Gasteiger partial charge in [-0.2, -0.15) is 11.8 Å². The standard InChI is InChI=1S/C14H21N3OS/c1-10-9-12(17-5-7-19-8-6-17)3-4-13(10)16-11(2)14(15)18/h3-4,9,11,16H,5-8H2,1-2H3,(H2,15,18). The zero-order valence-corrected chi connectivity index (χ0v) is 12.3. The second-order valence-corrected chi connectivity index (χ2v) is 6.09. The SMILES string of the molecule is Cc1cc(N2CCSCC2)ccc1NC(C)C(N)=O. The van der Waals surface area contributed by atoms with Crippen LogP contribution in [0.3, 0.4) is 0 Å². The number of nitrogens with zero attached hydrogens (tertiary/aromatic N) is 1. The number of nitrogens with one attached hydrogen (secondary N) is 1. The Bertz CT molecular complexity index is 458. The molecule has 1 unspecified atom stereocenters. The molecule has 1 aliphatic heterocycles. The molecule has 104 valence electrons. The van der Waals surface area contributed by atoms with Crippen molar-refractivity contribution < 1.29 is 4.79 Å². The molecule has 0 aliphatic carbocycles. The largest absolute Gasteiger partial charge is 0.374 e. The average Bonchev–Trinajstić information content (AvgIpc) is 2.41. The highest BCUT2D eigenvalue weighted by Crippen LogP contribution is 2.25. The maximum Gasteiger partial charge on any atom is 0.239 e. The molecule has 1 saturated heterocycles. The highest BCUT2D eigenvalue weighted by atomic mass is 32.2. The Morgan fingerprint density at radius 3 is 2.68 bits per heavy atom. The van der Waals surface area contributed by atoms with Crippen LogP contribution in [0.2, 0.25) is 0 Å². The Morgan fingerprint density at radius 1 is 1.42 bits per heavy atom. The summed E-state index contributed by atoms with van der Waals surface area (Å²) in [6, 6.07) is 5.97. The molecule has 1 aliphatic rings. The average molecular weight is 279 g/mol. The molecular formula is C14H21N3OS. The lowest BCUT2D eigenvalue weighted by Crippen LogP contribution is -2.33. The van der Waals surface area contributed by atoms with E-state index in [2.05, 4.69) is 29.3 Å². The molecule has 0 radical (unpaired) electrons. The van der Waals surface area contributed by atoms with Crippen molar-refractivity contribution in [2.45, 2.75) is 19.9 Å². The van der Waals surface area contributed by atoms with Crippen LogP contribution in [0.4, 0.5) is 11.4 Å². The Labute approximate surface area is 118 Å². The Morgan fingerprint density at radius 2 is 2.11 bits per heavy atom. The van der Waals surface area contributed by atoms with E-state index < -0.39 is 0 Å². The van der Waals surface area contributed by atoms with Gasteiger partial charge in [0, 0.05) is 36.0 Å². The van der Waals surface area contributed by atoms with Gasteiger partial charge in [0.1, 0.15) is 6.04 Å². The molecule has 19 heavy (non-hydrogen) atoms. The monoisotopic (exact) mass is 279 g/mol. The first kappa shape index (κ1) is 14.1. The smallest absolute Gasteiger partial charge is 0.239 e. The number of benzene rings is 1. The van der Waals surface area contributed by atoms with Crippen LogP contribution in [0.25, 0.3) is 0 Å². The predicted molar refractivity (Wildman–Crippen MR) is 83.0 cm³/mol. The van der Waals surface area contributed by atoms with Gasteiger partial charge in [0.2, 0.25) is 5.91 Å². The van der Waals surface area contributed by atoms with Crippen LogP contribution in [0.15, 0.2) is 18.2 Å². The van der Waals surface area contributed by atoms with Crippen LogP contribution in [-0.4, -0.2) is 36.5 Å². The van der Waals surface area contributed by atoms with Crippen molar-refractivity contribution >= 4 is 29.0 Å². The van der Waals surface area contributed by atoms with Crippen LogP contribution in [0.5, 0.6) is 0 Å². The molecule has 0 spiro atoms. The number of anilines is 2. The minimum Gasteiger partial charge on any atom is -0.374 e. The van der Waals surface area contributed by atoms with Crippen LogP contribution < -0.4 is 16.0 Å². The van der Waals surface area contributed by atoms with Crippen molar-refractivity contribution in [3.63, 3.8) is 0 Å². The first-order chi connectivity index (χ1) is 9.08. The number of rotatable bonds is 4. The van der Waals surface area contributed by atoms with Gasteiger partial charge in [0.05, 0.1) is 0 Å². The van der Waals surface area contributed by atoms with Crippen LogP contribution in [0, 0.1) is 6.92 Å². The molecular weight excluding hydrogens is 258 g/mol. The van der Waals surface area contributed by atoms with Gasteiger partial charge in [-0.05, 0) is 37.6 Å². The quantitative estimate of drug-likeness (QED) is 0.883. The van der Waals surface area contributed by atoms with Gasteiger partial charge in [-0.3, -0.25) is 4.79 Å². The molecule has 1 aromatic rings. The Hall–Kier alpha value is -1.36. The highest BCUT2D eigenvalue weighted by molar-refractivity contribution is 7.99. The van der Waals surface area contributed by atoms with E-state index in [1.54, 1.807) is 6.92 Å². The van der Waals surface area contributed by atoms with E-state index in [9.17, 15) is 4.79 Å². The van der Waals surface area contributed by atoms with Gasteiger partial charge < -0.3 is 16.0 Å². The molecule has 3 N–H and O–H groups in total. The third-order valence-electron chi connectivity index (χ3n) is 3.39. The normalized spacial score (nSPS) is 17.1. The molecule has 0 saturated carbocycles. The van der Waals surface area contributed by atoms with Crippen molar-refractivity contribution in [1.29, 1.82) is 0 Å². The van der Waals surface area contributed by atoms with E-state index in [0.717, 1.165) is 24.3 Å². The first-order valence-electron chi connectivity index (χ1n) is 6.57. The molecule has 0 aromatic heterocycles.